The molecule has 24 heavy (non-hydrogen) atoms. The van der Waals surface area contributed by atoms with E-state index >= 15 is 0 Å². The first-order chi connectivity index (χ1) is 11.8. The predicted octanol–water partition coefficient (Wildman–Crippen LogP) is 6.48. The average molecular weight is 310 g/mol. The van der Waals surface area contributed by atoms with Crippen LogP contribution in [-0.2, 0) is 0 Å². The van der Waals surface area contributed by atoms with Crippen LogP contribution in [0.4, 0.5) is 0 Å². The van der Waals surface area contributed by atoms with Crippen LogP contribution in [0.15, 0.2) is 116 Å². The summed E-state index contributed by atoms with van der Waals surface area (Å²) in [4.78, 5) is 0. The van der Waals surface area contributed by atoms with E-state index < -0.39 is 5.41 Å². The van der Waals surface area contributed by atoms with Crippen LogP contribution in [-0.4, -0.2) is 0 Å². The molecular weight excluding hydrogens is 288 g/mol. The normalized spacial score (nSPS) is 13.8. The van der Waals surface area contributed by atoms with Gasteiger partial charge in [0.1, 0.15) is 0 Å². The van der Waals surface area contributed by atoms with E-state index in [2.05, 4.69) is 73.5 Å². The molecule has 0 spiro atoms. The van der Waals surface area contributed by atoms with Crippen molar-refractivity contribution in [3.8, 4) is 0 Å². The number of hydrogen-bond donors (Lipinski definition) is 0. The molecule has 0 unspecified atom stereocenters. The van der Waals surface area contributed by atoms with Crippen molar-refractivity contribution in [1.82, 2.24) is 0 Å². The van der Waals surface area contributed by atoms with Crippen LogP contribution in [0.1, 0.15) is 11.1 Å². The van der Waals surface area contributed by atoms with Crippen LogP contribution in [0.3, 0.4) is 0 Å². The molecular formula is C24H22. The van der Waals surface area contributed by atoms with Gasteiger partial charge in [0.05, 0.1) is 5.41 Å². The molecule has 0 atom stereocenters. The Morgan fingerprint density at radius 1 is 0.750 bits per heavy atom. The van der Waals surface area contributed by atoms with Gasteiger partial charge in [-0.15, -0.1) is 5.73 Å². The number of allylic oxidation sites excluding steroid dienone is 6. The third-order valence-electron chi connectivity index (χ3n) is 3.60. The Hall–Kier alpha value is -3.08. The molecule has 118 valence electrons. The van der Waals surface area contributed by atoms with Crippen molar-refractivity contribution < 1.29 is 0 Å². The van der Waals surface area contributed by atoms with Gasteiger partial charge in [0.2, 0.25) is 0 Å². The minimum absolute atomic E-state index is 0.401. The Kier molecular flexibility index (Phi) is 6.58. The fraction of sp³-hybridized carbons (Fsp3) is 0.0417. The molecule has 0 bridgehead atoms. The highest BCUT2D eigenvalue weighted by Crippen LogP contribution is 2.28. The zero-order valence-electron chi connectivity index (χ0n) is 13.8. The molecule has 0 nitrogen and oxygen atoms in total. The summed E-state index contributed by atoms with van der Waals surface area (Å²) < 4.78 is 0. The molecule has 0 aromatic heterocycles. The Morgan fingerprint density at radius 3 is 1.67 bits per heavy atom. The van der Waals surface area contributed by atoms with Crippen LogP contribution in [0.5, 0.6) is 0 Å². The number of benzene rings is 2. The molecule has 0 radical (unpaired) electrons. The van der Waals surface area contributed by atoms with Crippen molar-refractivity contribution in [1.29, 1.82) is 0 Å². The van der Waals surface area contributed by atoms with Crippen molar-refractivity contribution in [3.05, 3.63) is 127 Å². The van der Waals surface area contributed by atoms with Crippen LogP contribution < -0.4 is 0 Å². The average Bonchev–Trinajstić information content (AvgIpc) is 2.65. The smallest absolute Gasteiger partial charge is 0.0507 e. The zero-order chi connectivity index (χ0) is 17.1. The lowest BCUT2D eigenvalue weighted by Gasteiger charge is -2.18. The Labute approximate surface area is 145 Å². The van der Waals surface area contributed by atoms with E-state index in [0.717, 1.165) is 11.1 Å². The maximum atomic E-state index is 3.78. The van der Waals surface area contributed by atoms with Crippen LogP contribution in [0, 0.1) is 5.41 Å². The van der Waals surface area contributed by atoms with Crippen molar-refractivity contribution in [3.63, 3.8) is 0 Å². The molecule has 0 amide bonds. The van der Waals surface area contributed by atoms with E-state index in [-0.39, 0.29) is 0 Å². The molecule has 0 aliphatic heterocycles. The highest BCUT2D eigenvalue weighted by atomic mass is 14.2. The molecule has 2 aromatic carbocycles. The molecule has 2 aromatic rings. The molecule has 0 heterocycles. The summed E-state index contributed by atoms with van der Waals surface area (Å²) in [6, 6.07) is 20.5. The Balaban J connectivity index is 2.41. The van der Waals surface area contributed by atoms with Gasteiger partial charge in [-0.1, -0.05) is 116 Å². The molecule has 0 fully saturated rings. The van der Waals surface area contributed by atoms with Crippen molar-refractivity contribution in [2.75, 3.05) is 0 Å². The van der Waals surface area contributed by atoms with Gasteiger partial charge in [-0.25, -0.2) is 0 Å². The van der Waals surface area contributed by atoms with Crippen LogP contribution in [0.2, 0.25) is 0 Å². The molecule has 0 aliphatic rings. The van der Waals surface area contributed by atoms with E-state index in [1.807, 2.05) is 48.6 Å². The maximum absolute atomic E-state index is 3.78. The number of rotatable bonds is 7. The molecule has 0 saturated heterocycles. The van der Waals surface area contributed by atoms with Gasteiger partial charge < -0.3 is 0 Å². The summed E-state index contributed by atoms with van der Waals surface area (Å²) in [6.45, 7) is 7.53. The second kappa shape index (κ2) is 9.15. The van der Waals surface area contributed by atoms with Crippen LogP contribution in [0.25, 0.3) is 12.2 Å². The largest absolute Gasteiger partial charge is 0.131 e. The van der Waals surface area contributed by atoms with Crippen LogP contribution >= 0.6 is 0 Å². The zero-order valence-corrected chi connectivity index (χ0v) is 13.8. The van der Waals surface area contributed by atoms with Crippen molar-refractivity contribution >= 4 is 12.2 Å². The lowest BCUT2D eigenvalue weighted by molar-refractivity contribution is 0.831. The van der Waals surface area contributed by atoms with E-state index in [1.165, 1.54) is 0 Å². The molecule has 2 rings (SSSR count). The minimum Gasteiger partial charge on any atom is -0.131 e. The van der Waals surface area contributed by atoms with Crippen molar-refractivity contribution in [2.24, 2.45) is 5.41 Å². The topological polar surface area (TPSA) is 0 Å². The maximum Gasteiger partial charge on any atom is 0.0507 e. The fourth-order valence-corrected chi connectivity index (χ4v) is 2.33. The standard InChI is InChI=1S/C24H22/c1-3-5-19-24(18-4-2,20-16-22-12-8-6-9-13-22)21-17-23-14-10-7-11-15-23/h3,5-21H,1-2H2. The molecule has 0 N–H and O–H groups in total. The lowest BCUT2D eigenvalue weighted by Crippen LogP contribution is -2.07. The summed E-state index contributed by atoms with van der Waals surface area (Å²) in [5, 5.41) is 0. The summed E-state index contributed by atoms with van der Waals surface area (Å²) in [6.07, 6.45) is 16.2. The SMILES string of the molecule is C=C=CC(C=CC=C)(C=Cc1ccccc1)C=Cc1ccccc1. The van der Waals surface area contributed by atoms with E-state index in [4.69, 9.17) is 0 Å². The van der Waals surface area contributed by atoms with Crippen molar-refractivity contribution in [2.45, 2.75) is 0 Å². The first kappa shape index (κ1) is 17.3. The Morgan fingerprint density at radius 2 is 1.25 bits per heavy atom. The molecule has 0 saturated carbocycles. The third kappa shape index (κ3) is 5.28. The highest BCUT2D eigenvalue weighted by Gasteiger charge is 2.16. The molecule has 0 heteroatoms. The summed E-state index contributed by atoms with van der Waals surface area (Å²) in [5.41, 5.74) is 4.83. The fourth-order valence-electron chi connectivity index (χ4n) is 2.33. The second-order valence-electron chi connectivity index (χ2n) is 5.43. The monoisotopic (exact) mass is 310 g/mol. The first-order valence-electron chi connectivity index (χ1n) is 7.94. The summed E-state index contributed by atoms with van der Waals surface area (Å²) in [5.74, 6) is 0. The van der Waals surface area contributed by atoms with Gasteiger partial charge in [0.15, 0.2) is 0 Å². The Bertz CT molecular complexity index is 718. The third-order valence-corrected chi connectivity index (χ3v) is 3.60. The second-order valence-corrected chi connectivity index (χ2v) is 5.43. The van der Waals surface area contributed by atoms with E-state index in [9.17, 15) is 0 Å². The van der Waals surface area contributed by atoms with Gasteiger partial charge in [0.25, 0.3) is 0 Å². The van der Waals surface area contributed by atoms with Gasteiger partial charge in [-0.05, 0) is 17.2 Å². The minimum atomic E-state index is -0.401. The van der Waals surface area contributed by atoms with Gasteiger partial charge >= 0.3 is 0 Å². The van der Waals surface area contributed by atoms with Gasteiger partial charge in [-0.2, -0.15) is 0 Å². The summed E-state index contributed by atoms with van der Waals surface area (Å²) in [7, 11) is 0. The predicted molar refractivity (Wildman–Crippen MR) is 106 cm³/mol. The molecule has 0 aliphatic carbocycles. The quantitative estimate of drug-likeness (QED) is 0.405. The van der Waals surface area contributed by atoms with E-state index in [0.29, 0.717) is 0 Å². The first-order valence-corrected chi connectivity index (χ1v) is 7.94. The van der Waals surface area contributed by atoms with Gasteiger partial charge in [0, 0.05) is 0 Å². The highest BCUT2D eigenvalue weighted by molar-refractivity contribution is 5.57. The van der Waals surface area contributed by atoms with E-state index in [1.54, 1.807) is 6.08 Å². The summed E-state index contributed by atoms with van der Waals surface area (Å²) >= 11 is 0. The lowest BCUT2D eigenvalue weighted by atomic mass is 9.85. The number of hydrogen-bond acceptors (Lipinski definition) is 0. The van der Waals surface area contributed by atoms with Gasteiger partial charge in [-0.3, -0.25) is 0 Å².